The fourth-order valence-corrected chi connectivity index (χ4v) is 3.67. The van der Waals surface area contributed by atoms with Crippen molar-refractivity contribution in [2.75, 3.05) is 13.2 Å². The summed E-state index contributed by atoms with van der Waals surface area (Å²) in [5.41, 5.74) is 6.99. The Bertz CT molecular complexity index is 441. The van der Waals surface area contributed by atoms with Gasteiger partial charge in [-0.15, -0.1) is 11.8 Å². The second-order valence-corrected chi connectivity index (χ2v) is 6.63. The molecule has 98 valence electrons. The van der Waals surface area contributed by atoms with Crippen LogP contribution in [0.1, 0.15) is 31.2 Å². The Hall–Kier alpha value is -0.580. The van der Waals surface area contributed by atoms with Crippen molar-refractivity contribution in [2.45, 2.75) is 41.4 Å². The van der Waals surface area contributed by atoms with E-state index in [9.17, 15) is 4.39 Å². The second-order valence-electron chi connectivity index (χ2n) is 5.29. The summed E-state index contributed by atoms with van der Waals surface area (Å²) in [5.74, 6) is -0.138. The van der Waals surface area contributed by atoms with Crippen LogP contribution in [0.25, 0.3) is 0 Å². The van der Waals surface area contributed by atoms with E-state index >= 15 is 0 Å². The average Bonchev–Trinajstić information content (AvgIpc) is 2.73. The van der Waals surface area contributed by atoms with Gasteiger partial charge in [0.1, 0.15) is 5.82 Å². The van der Waals surface area contributed by atoms with E-state index in [1.165, 1.54) is 0 Å². The third kappa shape index (κ3) is 2.29. The summed E-state index contributed by atoms with van der Waals surface area (Å²) in [7, 11) is 0. The Balaban J connectivity index is 1.79. The van der Waals surface area contributed by atoms with E-state index in [2.05, 4.69) is 0 Å². The van der Waals surface area contributed by atoms with Gasteiger partial charge in [-0.2, -0.15) is 0 Å². The molecule has 2 nitrogen and oxygen atoms in total. The molecule has 1 aromatic carbocycles. The molecule has 1 saturated carbocycles. The Morgan fingerprint density at radius 1 is 1.28 bits per heavy atom. The number of ether oxygens (including phenoxy) is 1. The van der Waals surface area contributed by atoms with Crippen molar-refractivity contribution >= 4 is 11.8 Å². The normalized spacial score (nSPS) is 23.0. The Labute approximate surface area is 111 Å². The van der Waals surface area contributed by atoms with Crippen LogP contribution in [0.2, 0.25) is 0 Å². The highest BCUT2D eigenvalue weighted by molar-refractivity contribution is 8.00. The fourth-order valence-electron chi connectivity index (χ4n) is 2.66. The summed E-state index contributed by atoms with van der Waals surface area (Å²) in [6.45, 7) is 1.46. The van der Waals surface area contributed by atoms with Crippen LogP contribution < -0.4 is 5.73 Å². The molecule has 2 N–H and O–H groups in total. The number of thioether (sulfide) groups is 1. The molecule has 4 heteroatoms. The van der Waals surface area contributed by atoms with Crippen molar-refractivity contribution in [1.82, 2.24) is 0 Å². The van der Waals surface area contributed by atoms with Crippen LogP contribution in [0.5, 0.6) is 0 Å². The third-order valence-corrected chi connectivity index (χ3v) is 5.09. The highest BCUT2D eigenvalue weighted by Gasteiger charge is 2.32. The van der Waals surface area contributed by atoms with Gasteiger partial charge in [0.05, 0.1) is 18.5 Å². The van der Waals surface area contributed by atoms with Crippen LogP contribution in [0.4, 0.5) is 4.39 Å². The van der Waals surface area contributed by atoms with Gasteiger partial charge in [-0.1, -0.05) is 18.9 Å². The maximum absolute atomic E-state index is 14.1. The summed E-state index contributed by atoms with van der Waals surface area (Å²) < 4.78 is 19.2. The lowest BCUT2D eigenvalue weighted by Crippen LogP contribution is -2.33. The molecule has 1 heterocycles. The van der Waals surface area contributed by atoms with Crippen molar-refractivity contribution in [1.29, 1.82) is 0 Å². The van der Waals surface area contributed by atoms with Crippen LogP contribution >= 0.6 is 11.8 Å². The molecule has 0 bridgehead atoms. The van der Waals surface area contributed by atoms with Crippen LogP contribution in [0.15, 0.2) is 23.1 Å². The molecule has 18 heavy (non-hydrogen) atoms. The monoisotopic (exact) mass is 267 g/mol. The number of halogens is 1. The van der Waals surface area contributed by atoms with Crippen molar-refractivity contribution in [2.24, 2.45) is 5.73 Å². The highest BCUT2D eigenvalue weighted by atomic mass is 32.2. The molecule has 3 rings (SSSR count). The summed E-state index contributed by atoms with van der Waals surface area (Å²) in [6.07, 6.45) is 4.23. The van der Waals surface area contributed by atoms with Crippen LogP contribution in [-0.4, -0.2) is 18.5 Å². The minimum absolute atomic E-state index is 0.138. The molecule has 1 aliphatic carbocycles. The van der Waals surface area contributed by atoms with Gasteiger partial charge in [0, 0.05) is 10.4 Å². The molecule has 0 spiro atoms. The smallest absolute Gasteiger partial charge is 0.137 e. The number of rotatable bonds is 3. The first-order chi connectivity index (χ1) is 8.67. The summed E-state index contributed by atoms with van der Waals surface area (Å²) in [5, 5.41) is 0.406. The van der Waals surface area contributed by atoms with Gasteiger partial charge in [0.25, 0.3) is 0 Å². The predicted molar refractivity (Wildman–Crippen MR) is 71.2 cm³/mol. The van der Waals surface area contributed by atoms with Gasteiger partial charge in [-0.3, -0.25) is 0 Å². The van der Waals surface area contributed by atoms with E-state index in [1.807, 2.05) is 12.1 Å². The van der Waals surface area contributed by atoms with Crippen molar-refractivity contribution in [3.63, 3.8) is 0 Å². The average molecular weight is 267 g/mol. The topological polar surface area (TPSA) is 35.2 Å². The molecule has 0 aromatic heterocycles. The first-order valence-corrected chi connectivity index (χ1v) is 7.39. The van der Waals surface area contributed by atoms with E-state index in [0.29, 0.717) is 10.1 Å². The lowest BCUT2D eigenvalue weighted by molar-refractivity contribution is 0.0455. The van der Waals surface area contributed by atoms with Crippen LogP contribution in [0, 0.1) is 5.82 Å². The fraction of sp³-hybridized carbons (Fsp3) is 0.571. The Morgan fingerprint density at radius 3 is 2.56 bits per heavy atom. The zero-order valence-electron chi connectivity index (χ0n) is 10.3. The molecular weight excluding hydrogens is 249 g/mol. The van der Waals surface area contributed by atoms with E-state index in [1.54, 1.807) is 17.8 Å². The first-order valence-electron chi connectivity index (χ1n) is 6.51. The number of nitrogens with two attached hydrogens (primary N) is 1. The van der Waals surface area contributed by atoms with E-state index < -0.39 is 0 Å². The number of hydrogen-bond donors (Lipinski definition) is 1. The molecular formula is C14H18FNOS. The van der Waals surface area contributed by atoms with E-state index in [-0.39, 0.29) is 11.4 Å². The third-order valence-electron chi connectivity index (χ3n) is 3.90. The minimum Gasteiger partial charge on any atom is -0.379 e. The van der Waals surface area contributed by atoms with Gasteiger partial charge >= 0.3 is 0 Å². The maximum atomic E-state index is 14.1. The molecule has 0 radical (unpaired) electrons. The SMILES string of the molecule is NC1(c2ccc(SC3COC3)c(F)c2)CCCC1. The predicted octanol–water partition coefficient (Wildman–Crippen LogP) is 3.04. The highest BCUT2D eigenvalue weighted by Crippen LogP contribution is 2.38. The van der Waals surface area contributed by atoms with Gasteiger partial charge in [0.2, 0.25) is 0 Å². The van der Waals surface area contributed by atoms with Crippen molar-refractivity contribution in [3.8, 4) is 0 Å². The Morgan fingerprint density at radius 2 is 2.00 bits per heavy atom. The van der Waals surface area contributed by atoms with Crippen LogP contribution in [0.3, 0.4) is 0 Å². The quantitative estimate of drug-likeness (QED) is 0.914. The van der Waals surface area contributed by atoms with Gasteiger partial charge in [-0.25, -0.2) is 4.39 Å². The Kier molecular flexibility index (Phi) is 3.34. The molecule has 2 aliphatic rings. The summed E-state index contributed by atoms with van der Waals surface area (Å²) in [4.78, 5) is 0.716. The van der Waals surface area contributed by atoms with Crippen LogP contribution in [-0.2, 0) is 10.3 Å². The lowest BCUT2D eigenvalue weighted by Gasteiger charge is -2.27. The number of benzene rings is 1. The standard InChI is InChI=1S/C14H18FNOS/c15-12-7-10(14(16)5-1-2-6-14)3-4-13(12)18-11-8-17-9-11/h3-4,7,11H,1-2,5-6,8-9,16H2. The first kappa shape index (κ1) is 12.5. The summed E-state index contributed by atoms with van der Waals surface area (Å²) in [6, 6.07) is 5.50. The van der Waals surface area contributed by atoms with E-state index in [4.69, 9.17) is 10.5 Å². The zero-order chi connectivity index (χ0) is 12.6. The van der Waals surface area contributed by atoms with Crippen molar-refractivity contribution in [3.05, 3.63) is 29.6 Å². The summed E-state index contributed by atoms with van der Waals surface area (Å²) >= 11 is 1.57. The second kappa shape index (κ2) is 4.83. The molecule has 2 fully saturated rings. The number of hydrogen-bond acceptors (Lipinski definition) is 3. The molecule has 1 saturated heterocycles. The maximum Gasteiger partial charge on any atom is 0.137 e. The zero-order valence-corrected chi connectivity index (χ0v) is 11.1. The molecule has 1 aromatic rings. The molecule has 0 atom stereocenters. The van der Waals surface area contributed by atoms with Gasteiger partial charge in [-0.05, 0) is 30.5 Å². The van der Waals surface area contributed by atoms with E-state index in [0.717, 1.165) is 44.5 Å². The van der Waals surface area contributed by atoms with Gasteiger partial charge < -0.3 is 10.5 Å². The molecule has 0 amide bonds. The minimum atomic E-state index is -0.302. The lowest BCUT2D eigenvalue weighted by atomic mass is 9.89. The molecule has 1 aliphatic heterocycles. The molecule has 0 unspecified atom stereocenters. The largest absolute Gasteiger partial charge is 0.379 e. The van der Waals surface area contributed by atoms with Gasteiger partial charge in [0.15, 0.2) is 0 Å². The van der Waals surface area contributed by atoms with Crippen molar-refractivity contribution < 1.29 is 9.13 Å².